The van der Waals surface area contributed by atoms with Crippen molar-refractivity contribution in [3.05, 3.63) is 94.5 Å². The molecule has 2 aromatic heterocycles. The van der Waals surface area contributed by atoms with Crippen LogP contribution < -0.4 is 10.3 Å². The van der Waals surface area contributed by atoms with Crippen LogP contribution in [0.25, 0.3) is 16.9 Å². The van der Waals surface area contributed by atoms with Crippen LogP contribution in [0.1, 0.15) is 22.1 Å². The average Bonchev–Trinajstić information content (AvgIpc) is 3.21. The van der Waals surface area contributed by atoms with E-state index in [1.54, 1.807) is 29.0 Å². The van der Waals surface area contributed by atoms with E-state index in [0.29, 0.717) is 30.1 Å². The number of hydrogen-bond acceptors (Lipinski definition) is 5. The Kier molecular flexibility index (Phi) is 5.26. The lowest BCUT2D eigenvalue weighted by Crippen LogP contribution is -2.53. The minimum Gasteiger partial charge on any atom is -0.496 e. The molecule has 0 bridgehead atoms. The molecule has 166 valence electrons. The van der Waals surface area contributed by atoms with Gasteiger partial charge < -0.3 is 9.64 Å². The lowest BCUT2D eigenvalue weighted by molar-refractivity contribution is 0.0492. The standard InChI is InChI=1S/C25H23N5O3/c1-17-21(14-26-29(17)18-8-4-3-5-9-18)25(32)28-15-19(16-28)30-24(31)13-12-22(27-30)20-10-6-7-11-23(20)33-2/h3-14,19H,15-16H2,1-2H3. The number of likely N-dealkylation sites (tertiary alicyclic amines) is 1. The third-order valence-corrected chi connectivity index (χ3v) is 5.94. The number of amides is 1. The van der Waals surface area contributed by atoms with Crippen molar-refractivity contribution in [2.24, 2.45) is 0 Å². The first kappa shape index (κ1) is 20.7. The van der Waals surface area contributed by atoms with E-state index in [1.807, 2.05) is 61.5 Å². The number of carbonyl (C=O) groups is 1. The first-order valence-corrected chi connectivity index (χ1v) is 10.7. The lowest BCUT2D eigenvalue weighted by atomic mass is 10.1. The van der Waals surface area contributed by atoms with Gasteiger partial charge in [-0.05, 0) is 37.3 Å². The van der Waals surface area contributed by atoms with Gasteiger partial charge in [0.15, 0.2) is 0 Å². The summed E-state index contributed by atoms with van der Waals surface area (Å²) in [5.74, 6) is 0.589. The molecular formula is C25H23N5O3. The largest absolute Gasteiger partial charge is 0.496 e. The first-order valence-electron chi connectivity index (χ1n) is 10.7. The highest BCUT2D eigenvalue weighted by Crippen LogP contribution is 2.29. The van der Waals surface area contributed by atoms with Crippen LogP contribution in [-0.2, 0) is 0 Å². The molecule has 0 unspecified atom stereocenters. The molecule has 3 heterocycles. The number of aromatic nitrogens is 4. The van der Waals surface area contributed by atoms with Gasteiger partial charge in [0, 0.05) is 24.7 Å². The van der Waals surface area contributed by atoms with Gasteiger partial charge in [-0.15, -0.1) is 0 Å². The third kappa shape index (κ3) is 3.69. The predicted molar refractivity (Wildman–Crippen MR) is 124 cm³/mol. The number of rotatable bonds is 5. The monoisotopic (exact) mass is 441 g/mol. The van der Waals surface area contributed by atoms with Crippen molar-refractivity contribution in [1.29, 1.82) is 0 Å². The summed E-state index contributed by atoms with van der Waals surface area (Å²) in [4.78, 5) is 27.3. The number of methoxy groups -OCH3 is 1. The van der Waals surface area contributed by atoms with Crippen molar-refractivity contribution in [2.45, 2.75) is 13.0 Å². The zero-order valence-electron chi connectivity index (χ0n) is 18.4. The Hall–Kier alpha value is -4.20. The molecule has 4 aromatic rings. The highest BCUT2D eigenvalue weighted by molar-refractivity contribution is 5.95. The number of benzene rings is 2. The maximum Gasteiger partial charge on any atom is 0.267 e. The molecule has 5 rings (SSSR count). The van der Waals surface area contributed by atoms with Crippen molar-refractivity contribution < 1.29 is 9.53 Å². The Bertz CT molecular complexity index is 1370. The molecule has 1 fully saturated rings. The second kappa shape index (κ2) is 8.38. The summed E-state index contributed by atoms with van der Waals surface area (Å²) >= 11 is 0. The van der Waals surface area contributed by atoms with Crippen LogP contribution >= 0.6 is 0 Å². The molecule has 0 atom stereocenters. The van der Waals surface area contributed by atoms with Crippen LogP contribution in [0.2, 0.25) is 0 Å². The highest BCUT2D eigenvalue weighted by Gasteiger charge is 2.35. The summed E-state index contributed by atoms with van der Waals surface area (Å²) in [7, 11) is 1.60. The number of nitrogens with zero attached hydrogens (tertiary/aromatic N) is 5. The Morgan fingerprint density at radius 1 is 1.00 bits per heavy atom. The van der Waals surface area contributed by atoms with Crippen LogP contribution in [0.5, 0.6) is 5.75 Å². The van der Waals surface area contributed by atoms with Crippen LogP contribution in [0, 0.1) is 6.92 Å². The third-order valence-electron chi connectivity index (χ3n) is 5.94. The molecular weight excluding hydrogens is 418 g/mol. The molecule has 33 heavy (non-hydrogen) atoms. The maximum absolute atomic E-state index is 13.1. The molecule has 1 aliphatic heterocycles. The van der Waals surface area contributed by atoms with E-state index in [1.165, 1.54) is 10.7 Å². The number of hydrogen-bond donors (Lipinski definition) is 0. The number of ether oxygens (including phenoxy) is 1. The lowest BCUT2D eigenvalue weighted by Gasteiger charge is -2.39. The molecule has 8 nitrogen and oxygen atoms in total. The average molecular weight is 441 g/mol. The second-order valence-electron chi connectivity index (χ2n) is 7.96. The van der Waals surface area contributed by atoms with Crippen molar-refractivity contribution in [3.8, 4) is 22.7 Å². The Morgan fingerprint density at radius 3 is 2.48 bits per heavy atom. The van der Waals surface area contributed by atoms with E-state index >= 15 is 0 Å². The minimum atomic E-state index is -0.196. The topological polar surface area (TPSA) is 82.3 Å². The van der Waals surface area contributed by atoms with Crippen molar-refractivity contribution in [3.63, 3.8) is 0 Å². The van der Waals surface area contributed by atoms with Crippen LogP contribution in [0.3, 0.4) is 0 Å². The van der Waals surface area contributed by atoms with E-state index in [2.05, 4.69) is 10.2 Å². The second-order valence-corrected chi connectivity index (χ2v) is 7.96. The summed E-state index contributed by atoms with van der Waals surface area (Å²) in [5, 5.41) is 8.96. The summed E-state index contributed by atoms with van der Waals surface area (Å²) < 4.78 is 8.65. The zero-order chi connectivity index (χ0) is 22.9. The van der Waals surface area contributed by atoms with Gasteiger partial charge in [0.25, 0.3) is 11.5 Å². The maximum atomic E-state index is 13.1. The quantitative estimate of drug-likeness (QED) is 0.475. The molecule has 1 aliphatic rings. The van der Waals surface area contributed by atoms with Gasteiger partial charge in [-0.3, -0.25) is 9.59 Å². The van der Waals surface area contributed by atoms with Crippen LogP contribution in [0.4, 0.5) is 0 Å². The van der Waals surface area contributed by atoms with E-state index < -0.39 is 0 Å². The normalized spacial score (nSPS) is 13.6. The van der Waals surface area contributed by atoms with Gasteiger partial charge in [0.2, 0.25) is 0 Å². The predicted octanol–water partition coefficient (Wildman–Crippen LogP) is 3.11. The summed E-state index contributed by atoms with van der Waals surface area (Å²) in [6.45, 7) is 2.71. The van der Waals surface area contributed by atoms with Crippen molar-refractivity contribution in [1.82, 2.24) is 24.5 Å². The summed E-state index contributed by atoms with van der Waals surface area (Å²) in [5.41, 5.74) is 3.50. The van der Waals surface area contributed by atoms with Gasteiger partial charge >= 0.3 is 0 Å². The van der Waals surface area contributed by atoms with Gasteiger partial charge in [0.05, 0.1) is 42.0 Å². The van der Waals surface area contributed by atoms with Crippen molar-refractivity contribution >= 4 is 5.91 Å². The first-order chi connectivity index (χ1) is 16.1. The smallest absolute Gasteiger partial charge is 0.267 e. The van der Waals surface area contributed by atoms with Gasteiger partial charge in [-0.25, -0.2) is 9.36 Å². The number of carbonyl (C=O) groups excluding carboxylic acids is 1. The SMILES string of the molecule is COc1ccccc1-c1ccc(=O)n(C2CN(C(=O)c3cnn(-c4ccccc4)c3C)C2)n1. The van der Waals surface area contributed by atoms with E-state index in [-0.39, 0.29) is 17.5 Å². The fraction of sp³-hybridized carbons (Fsp3) is 0.200. The molecule has 8 heteroatoms. The molecule has 0 spiro atoms. The zero-order valence-corrected chi connectivity index (χ0v) is 18.4. The van der Waals surface area contributed by atoms with Crippen LogP contribution in [-0.4, -0.2) is 50.6 Å². The number of para-hydroxylation sites is 2. The van der Waals surface area contributed by atoms with Crippen LogP contribution in [0.15, 0.2) is 77.7 Å². The fourth-order valence-corrected chi connectivity index (χ4v) is 4.08. The highest BCUT2D eigenvalue weighted by atomic mass is 16.5. The summed E-state index contributed by atoms with van der Waals surface area (Å²) in [6, 6.07) is 20.3. The van der Waals surface area contributed by atoms with Crippen molar-refractivity contribution in [2.75, 3.05) is 20.2 Å². The molecule has 1 saturated heterocycles. The van der Waals surface area contributed by atoms with Gasteiger partial charge in [0.1, 0.15) is 5.75 Å². The Balaban J connectivity index is 1.34. The molecule has 0 N–H and O–H groups in total. The molecule has 0 radical (unpaired) electrons. The van der Waals surface area contributed by atoms with E-state index in [4.69, 9.17) is 4.74 Å². The molecule has 1 amide bonds. The summed E-state index contributed by atoms with van der Waals surface area (Å²) in [6.07, 6.45) is 1.60. The Morgan fingerprint density at radius 2 is 1.73 bits per heavy atom. The fourth-order valence-electron chi connectivity index (χ4n) is 4.08. The molecule has 0 saturated carbocycles. The Labute approximate surface area is 190 Å². The van der Waals surface area contributed by atoms with E-state index in [9.17, 15) is 9.59 Å². The molecule has 2 aromatic carbocycles. The van der Waals surface area contributed by atoms with Gasteiger partial charge in [-0.1, -0.05) is 30.3 Å². The van der Waals surface area contributed by atoms with E-state index in [0.717, 1.165) is 16.9 Å². The van der Waals surface area contributed by atoms with Gasteiger partial charge in [-0.2, -0.15) is 10.2 Å². The molecule has 0 aliphatic carbocycles. The minimum absolute atomic E-state index is 0.0973.